The van der Waals surface area contributed by atoms with Crippen LogP contribution in [0.4, 0.5) is 0 Å². The number of nitrogens with one attached hydrogen (secondary N) is 1. The highest BCUT2D eigenvalue weighted by molar-refractivity contribution is 5.75. The quantitative estimate of drug-likeness (QED) is 0.810. The Morgan fingerprint density at radius 3 is 2.39 bits per heavy atom. The lowest BCUT2D eigenvalue weighted by Crippen LogP contribution is -2.26. The van der Waals surface area contributed by atoms with Crippen molar-refractivity contribution in [1.29, 1.82) is 0 Å². The average molecular weight is 249 g/mol. The second kappa shape index (κ2) is 7.17. The summed E-state index contributed by atoms with van der Waals surface area (Å²) in [5, 5.41) is 11.5. The van der Waals surface area contributed by atoms with Crippen LogP contribution in [0.25, 0.3) is 0 Å². The largest absolute Gasteiger partial charge is 0.396 e. The molecule has 3 heteroatoms. The van der Waals surface area contributed by atoms with Gasteiger partial charge in [-0.05, 0) is 50.3 Å². The second-order valence-electron chi connectivity index (χ2n) is 4.80. The molecule has 2 N–H and O–H groups in total. The minimum Gasteiger partial charge on any atom is -0.396 e. The summed E-state index contributed by atoms with van der Waals surface area (Å²) >= 11 is 0. The molecule has 1 amide bonds. The number of hydrogen-bond donors (Lipinski definition) is 2. The van der Waals surface area contributed by atoms with Crippen molar-refractivity contribution < 1.29 is 9.90 Å². The maximum Gasteiger partial charge on any atom is 0.220 e. The minimum absolute atomic E-state index is 0.0199. The van der Waals surface area contributed by atoms with Gasteiger partial charge in [0.1, 0.15) is 0 Å². The number of aliphatic hydroxyl groups excluding tert-OH is 1. The lowest BCUT2D eigenvalue weighted by atomic mass is 9.97. The van der Waals surface area contributed by atoms with Crippen LogP contribution >= 0.6 is 0 Å². The molecule has 0 aliphatic carbocycles. The number of aliphatic hydroxyl groups is 1. The number of carbonyl (C=O) groups excluding carboxylic acids is 1. The van der Waals surface area contributed by atoms with E-state index in [2.05, 4.69) is 38.2 Å². The van der Waals surface area contributed by atoms with Gasteiger partial charge in [-0.25, -0.2) is 0 Å². The Kier molecular flexibility index (Phi) is 5.86. The monoisotopic (exact) mass is 249 g/mol. The summed E-state index contributed by atoms with van der Waals surface area (Å²) in [7, 11) is 0. The summed E-state index contributed by atoms with van der Waals surface area (Å²) in [6.07, 6.45) is 1.81. The third-order valence-corrected chi connectivity index (χ3v) is 3.10. The van der Waals surface area contributed by atoms with Gasteiger partial charge in [-0.15, -0.1) is 0 Å². The van der Waals surface area contributed by atoms with Gasteiger partial charge in [0.25, 0.3) is 0 Å². The SMILES string of the molecule is Cc1cc(C)c(CCNC(=O)CCCO)c(C)c1. The summed E-state index contributed by atoms with van der Waals surface area (Å²) < 4.78 is 0. The molecule has 1 aromatic rings. The van der Waals surface area contributed by atoms with Crippen molar-refractivity contribution in [3.63, 3.8) is 0 Å². The lowest BCUT2D eigenvalue weighted by Gasteiger charge is -2.12. The van der Waals surface area contributed by atoms with E-state index in [9.17, 15) is 4.79 Å². The minimum atomic E-state index is 0.0199. The van der Waals surface area contributed by atoms with Crippen LogP contribution < -0.4 is 5.32 Å². The van der Waals surface area contributed by atoms with Crippen LogP contribution in [-0.2, 0) is 11.2 Å². The molecule has 0 aliphatic heterocycles. The Hall–Kier alpha value is -1.35. The highest BCUT2D eigenvalue weighted by atomic mass is 16.3. The van der Waals surface area contributed by atoms with E-state index in [-0.39, 0.29) is 12.5 Å². The van der Waals surface area contributed by atoms with Crippen molar-refractivity contribution in [1.82, 2.24) is 5.32 Å². The molecule has 0 heterocycles. The molecule has 0 spiro atoms. The molecule has 0 bridgehead atoms. The van der Waals surface area contributed by atoms with E-state index in [1.807, 2.05) is 0 Å². The van der Waals surface area contributed by atoms with Crippen molar-refractivity contribution in [2.24, 2.45) is 0 Å². The number of carbonyl (C=O) groups is 1. The zero-order chi connectivity index (χ0) is 13.5. The average Bonchev–Trinajstić information content (AvgIpc) is 2.29. The Labute approximate surface area is 109 Å². The molecule has 0 saturated carbocycles. The van der Waals surface area contributed by atoms with Gasteiger partial charge >= 0.3 is 0 Å². The van der Waals surface area contributed by atoms with Gasteiger partial charge in [0.05, 0.1) is 0 Å². The summed E-state index contributed by atoms with van der Waals surface area (Å²) in [4.78, 5) is 11.4. The van der Waals surface area contributed by atoms with E-state index < -0.39 is 0 Å². The standard InChI is InChI=1S/C15H23NO2/c1-11-9-12(2)14(13(3)10-11)6-7-16-15(18)5-4-8-17/h9-10,17H,4-8H2,1-3H3,(H,16,18). The molecule has 0 fully saturated rings. The van der Waals surface area contributed by atoms with Crippen LogP contribution in [0.2, 0.25) is 0 Å². The first-order chi connectivity index (χ1) is 8.54. The number of hydrogen-bond acceptors (Lipinski definition) is 2. The van der Waals surface area contributed by atoms with Gasteiger partial charge in [0.2, 0.25) is 5.91 Å². The highest BCUT2D eigenvalue weighted by Gasteiger charge is 2.05. The molecule has 0 saturated heterocycles. The number of benzene rings is 1. The van der Waals surface area contributed by atoms with Crippen LogP contribution in [0.1, 0.15) is 35.1 Å². The summed E-state index contributed by atoms with van der Waals surface area (Å²) in [6, 6.07) is 4.35. The maximum absolute atomic E-state index is 11.4. The van der Waals surface area contributed by atoms with E-state index in [4.69, 9.17) is 5.11 Å². The predicted molar refractivity (Wildman–Crippen MR) is 73.7 cm³/mol. The lowest BCUT2D eigenvalue weighted by molar-refractivity contribution is -0.121. The van der Waals surface area contributed by atoms with E-state index in [0.717, 1.165) is 6.42 Å². The first-order valence-corrected chi connectivity index (χ1v) is 6.49. The zero-order valence-corrected chi connectivity index (χ0v) is 11.5. The van der Waals surface area contributed by atoms with E-state index in [0.29, 0.717) is 19.4 Å². The van der Waals surface area contributed by atoms with Crippen molar-refractivity contribution in [3.8, 4) is 0 Å². The van der Waals surface area contributed by atoms with Crippen LogP contribution in [0.3, 0.4) is 0 Å². The molecular formula is C15H23NO2. The molecule has 100 valence electrons. The zero-order valence-electron chi connectivity index (χ0n) is 11.5. The van der Waals surface area contributed by atoms with Gasteiger partial charge in [0.15, 0.2) is 0 Å². The third-order valence-electron chi connectivity index (χ3n) is 3.10. The van der Waals surface area contributed by atoms with E-state index in [1.54, 1.807) is 0 Å². The molecule has 1 aromatic carbocycles. The van der Waals surface area contributed by atoms with Crippen LogP contribution in [0.5, 0.6) is 0 Å². The molecule has 0 aliphatic rings. The van der Waals surface area contributed by atoms with Crippen molar-refractivity contribution >= 4 is 5.91 Å². The fourth-order valence-corrected chi connectivity index (χ4v) is 2.26. The molecule has 0 aromatic heterocycles. The summed E-state index contributed by atoms with van der Waals surface area (Å²) in [5.41, 5.74) is 5.18. The van der Waals surface area contributed by atoms with Crippen LogP contribution in [-0.4, -0.2) is 24.2 Å². The van der Waals surface area contributed by atoms with Crippen molar-refractivity contribution in [2.75, 3.05) is 13.2 Å². The number of aryl methyl sites for hydroxylation is 3. The van der Waals surface area contributed by atoms with Gasteiger partial charge in [-0.1, -0.05) is 17.7 Å². The molecule has 0 atom stereocenters. The highest BCUT2D eigenvalue weighted by Crippen LogP contribution is 2.16. The van der Waals surface area contributed by atoms with Gasteiger partial charge in [-0.3, -0.25) is 4.79 Å². The second-order valence-corrected chi connectivity index (χ2v) is 4.80. The van der Waals surface area contributed by atoms with Crippen molar-refractivity contribution in [3.05, 3.63) is 34.4 Å². The molecule has 3 nitrogen and oxygen atoms in total. The molecule has 0 radical (unpaired) electrons. The van der Waals surface area contributed by atoms with Gasteiger partial charge in [-0.2, -0.15) is 0 Å². The van der Waals surface area contributed by atoms with Gasteiger partial charge < -0.3 is 10.4 Å². The molecule has 18 heavy (non-hydrogen) atoms. The Balaban J connectivity index is 2.47. The third kappa shape index (κ3) is 4.49. The van der Waals surface area contributed by atoms with Crippen LogP contribution in [0, 0.1) is 20.8 Å². The van der Waals surface area contributed by atoms with E-state index >= 15 is 0 Å². The summed E-state index contributed by atoms with van der Waals surface area (Å²) in [5.74, 6) is 0.0199. The number of amides is 1. The first kappa shape index (κ1) is 14.7. The maximum atomic E-state index is 11.4. The first-order valence-electron chi connectivity index (χ1n) is 6.49. The summed E-state index contributed by atoms with van der Waals surface area (Å²) in [6.45, 7) is 7.06. The smallest absolute Gasteiger partial charge is 0.220 e. The Morgan fingerprint density at radius 2 is 1.83 bits per heavy atom. The van der Waals surface area contributed by atoms with Gasteiger partial charge in [0, 0.05) is 19.6 Å². The number of rotatable bonds is 6. The Bertz CT molecular complexity index is 390. The van der Waals surface area contributed by atoms with Crippen LogP contribution in [0.15, 0.2) is 12.1 Å². The molecular weight excluding hydrogens is 226 g/mol. The fraction of sp³-hybridized carbons (Fsp3) is 0.533. The molecule has 0 unspecified atom stereocenters. The fourth-order valence-electron chi connectivity index (χ4n) is 2.26. The Morgan fingerprint density at radius 1 is 1.22 bits per heavy atom. The topological polar surface area (TPSA) is 49.3 Å². The van der Waals surface area contributed by atoms with Crippen molar-refractivity contribution in [2.45, 2.75) is 40.0 Å². The van der Waals surface area contributed by atoms with E-state index in [1.165, 1.54) is 22.3 Å². The normalized spacial score (nSPS) is 10.4. The predicted octanol–water partition coefficient (Wildman–Crippen LogP) is 2.04. The molecule has 1 rings (SSSR count).